The molecule has 0 saturated heterocycles. The first kappa shape index (κ1) is 76.9. The van der Waals surface area contributed by atoms with Gasteiger partial charge in [-0.3, -0.25) is 14.4 Å². The second kappa shape index (κ2) is 68.4. The Morgan fingerprint density at radius 3 is 0.722 bits per heavy atom. The maximum atomic E-state index is 13.0. The van der Waals surface area contributed by atoms with Gasteiger partial charge in [0.25, 0.3) is 0 Å². The molecule has 0 aromatic rings. The van der Waals surface area contributed by atoms with E-state index >= 15 is 0 Å². The number of hydrogen-bond donors (Lipinski definition) is 0. The molecule has 0 radical (unpaired) electrons. The lowest BCUT2D eigenvalue weighted by molar-refractivity contribution is -0.167. The van der Waals surface area contributed by atoms with Crippen LogP contribution in [-0.4, -0.2) is 37.2 Å². The fourth-order valence-corrected chi connectivity index (χ4v) is 11.1. The number of ether oxygens (including phenoxy) is 3. The van der Waals surface area contributed by atoms with E-state index in [2.05, 4.69) is 45.1 Å². The van der Waals surface area contributed by atoms with Gasteiger partial charge in [0, 0.05) is 19.3 Å². The molecule has 466 valence electrons. The molecule has 0 aliphatic rings. The lowest BCUT2D eigenvalue weighted by atomic mass is 10.0. The Balaban J connectivity index is 4.29. The van der Waals surface area contributed by atoms with Crippen LogP contribution < -0.4 is 0 Å². The highest BCUT2D eigenvalue weighted by Crippen LogP contribution is 2.19. The van der Waals surface area contributed by atoms with Gasteiger partial charge in [-0.15, -0.1) is 0 Å². The van der Waals surface area contributed by atoms with Crippen LogP contribution >= 0.6 is 0 Å². The van der Waals surface area contributed by atoms with E-state index in [1.165, 1.54) is 302 Å². The smallest absolute Gasteiger partial charge is 0.306 e. The van der Waals surface area contributed by atoms with Crippen molar-refractivity contribution in [2.24, 2.45) is 0 Å². The van der Waals surface area contributed by atoms with E-state index in [1.54, 1.807) is 0 Å². The van der Waals surface area contributed by atoms with Crippen molar-refractivity contribution in [1.29, 1.82) is 0 Å². The van der Waals surface area contributed by atoms with Crippen molar-refractivity contribution < 1.29 is 28.6 Å². The zero-order valence-electron chi connectivity index (χ0n) is 53.7. The monoisotopic (exact) mass is 1110 g/mol. The number of unbranched alkanes of at least 4 members (excludes halogenated alkanes) is 52. The van der Waals surface area contributed by atoms with E-state index in [0.29, 0.717) is 19.3 Å². The molecule has 0 spiro atoms. The molecule has 0 amide bonds. The van der Waals surface area contributed by atoms with Crippen LogP contribution in [0, 0.1) is 0 Å². The minimum absolute atomic E-state index is 0.0655. The minimum atomic E-state index is -0.770. The van der Waals surface area contributed by atoms with Gasteiger partial charge in [0.2, 0.25) is 0 Å². The topological polar surface area (TPSA) is 78.9 Å². The lowest BCUT2D eigenvalue weighted by Gasteiger charge is -2.18. The number of carbonyl (C=O) groups excluding carboxylic acids is 3. The van der Waals surface area contributed by atoms with E-state index in [1.807, 2.05) is 0 Å². The third-order valence-electron chi connectivity index (χ3n) is 16.5. The van der Waals surface area contributed by atoms with Gasteiger partial charge in [-0.25, -0.2) is 0 Å². The van der Waals surface area contributed by atoms with Crippen molar-refractivity contribution in [1.82, 2.24) is 0 Å². The minimum Gasteiger partial charge on any atom is -0.462 e. The Labute approximate surface area is 493 Å². The summed E-state index contributed by atoms with van der Waals surface area (Å²) in [4.78, 5) is 38.5. The van der Waals surface area contributed by atoms with E-state index in [-0.39, 0.29) is 31.1 Å². The number of allylic oxidation sites excluding steroid dienone is 4. The lowest BCUT2D eigenvalue weighted by Crippen LogP contribution is -2.30. The van der Waals surface area contributed by atoms with Crippen molar-refractivity contribution in [3.63, 3.8) is 0 Å². The van der Waals surface area contributed by atoms with Crippen LogP contribution in [0.3, 0.4) is 0 Å². The first-order chi connectivity index (χ1) is 39.0. The number of hydrogen-bond acceptors (Lipinski definition) is 6. The number of rotatable bonds is 67. The Morgan fingerprint density at radius 2 is 0.456 bits per heavy atom. The molecule has 6 heteroatoms. The third kappa shape index (κ3) is 66.6. The molecule has 0 aromatic carbocycles. The average molecular weight is 1110 g/mol. The summed E-state index contributed by atoms with van der Waals surface area (Å²) in [6, 6.07) is 0. The van der Waals surface area contributed by atoms with Crippen LogP contribution in [0.1, 0.15) is 406 Å². The summed E-state index contributed by atoms with van der Waals surface area (Å²) >= 11 is 0. The highest BCUT2D eigenvalue weighted by Gasteiger charge is 2.19. The Bertz CT molecular complexity index is 1270. The maximum Gasteiger partial charge on any atom is 0.306 e. The normalized spacial score (nSPS) is 12.1. The molecular weight excluding hydrogens is 973 g/mol. The van der Waals surface area contributed by atoms with Crippen LogP contribution in [0.4, 0.5) is 0 Å². The second-order valence-electron chi connectivity index (χ2n) is 24.5. The molecule has 1 unspecified atom stereocenters. The Morgan fingerprint density at radius 1 is 0.253 bits per heavy atom. The highest BCUT2D eigenvalue weighted by molar-refractivity contribution is 5.71. The van der Waals surface area contributed by atoms with Crippen LogP contribution in [0.25, 0.3) is 0 Å². The molecule has 1 atom stereocenters. The largest absolute Gasteiger partial charge is 0.462 e. The summed E-state index contributed by atoms with van der Waals surface area (Å²) in [5, 5.41) is 0. The molecule has 6 nitrogen and oxygen atoms in total. The van der Waals surface area contributed by atoms with Gasteiger partial charge in [-0.2, -0.15) is 0 Å². The summed E-state index contributed by atoms with van der Waals surface area (Å²) in [6.07, 6.45) is 83.4. The van der Waals surface area contributed by atoms with Crippen LogP contribution in [0.15, 0.2) is 24.3 Å². The zero-order valence-corrected chi connectivity index (χ0v) is 53.7. The molecule has 0 rings (SSSR count). The summed E-state index contributed by atoms with van der Waals surface area (Å²) in [5.41, 5.74) is 0. The summed E-state index contributed by atoms with van der Waals surface area (Å²) in [5.74, 6) is -0.834. The maximum absolute atomic E-state index is 13.0. The predicted octanol–water partition coefficient (Wildman–Crippen LogP) is 24.6. The van der Waals surface area contributed by atoms with Crippen molar-refractivity contribution >= 4 is 17.9 Å². The van der Waals surface area contributed by atoms with E-state index in [9.17, 15) is 14.4 Å². The van der Waals surface area contributed by atoms with Crippen molar-refractivity contribution in [2.45, 2.75) is 412 Å². The molecule has 0 aromatic heterocycles. The highest BCUT2D eigenvalue weighted by atomic mass is 16.6. The van der Waals surface area contributed by atoms with E-state index in [4.69, 9.17) is 14.2 Å². The second-order valence-corrected chi connectivity index (χ2v) is 24.5. The molecule has 0 aliphatic carbocycles. The van der Waals surface area contributed by atoms with Crippen molar-refractivity contribution in [2.75, 3.05) is 13.2 Å². The Hall–Kier alpha value is -2.11. The van der Waals surface area contributed by atoms with Gasteiger partial charge < -0.3 is 14.2 Å². The zero-order chi connectivity index (χ0) is 57.1. The van der Waals surface area contributed by atoms with Gasteiger partial charge in [0.15, 0.2) is 6.10 Å². The summed E-state index contributed by atoms with van der Waals surface area (Å²) < 4.78 is 17.0. The molecule has 0 aliphatic heterocycles. The molecule has 0 saturated carbocycles. The van der Waals surface area contributed by atoms with Crippen LogP contribution in [0.5, 0.6) is 0 Å². The fraction of sp³-hybridized carbons (Fsp3) is 0.904. The quantitative estimate of drug-likeness (QED) is 0.0261. The van der Waals surface area contributed by atoms with Crippen molar-refractivity contribution in [3.05, 3.63) is 24.3 Å². The fourth-order valence-electron chi connectivity index (χ4n) is 11.1. The Kier molecular flexibility index (Phi) is 66.6. The SMILES string of the molecule is CCCCC/C=C\C/C=C\CCCCCCCCCCCC(=O)OCC(COC(=O)CCCCCCCCCCCCCCCCCCCCCCCC)OC(=O)CCCCCCCCCCCCCCCCCCCCCC. The van der Waals surface area contributed by atoms with Gasteiger partial charge in [-0.1, -0.05) is 360 Å². The molecular formula is C73H138O6. The molecule has 0 heterocycles. The average Bonchev–Trinajstić information content (AvgIpc) is 3.45. The summed E-state index contributed by atoms with van der Waals surface area (Å²) in [6.45, 7) is 6.71. The first-order valence-electron chi connectivity index (χ1n) is 35.8. The number of esters is 3. The van der Waals surface area contributed by atoms with Crippen LogP contribution in [-0.2, 0) is 28.6 Å². The first-order valence-corrected chi connectivity index (χ1v) is 35.8. The molecule has 0 N–H and O–H groups in total. The van der Waals surface area contributed by atoms with E-state index in [0.717, 1.165) is 64.2 Å². The molecule has 0 fully saturated rings. The third-order valence-corrected chi connectivity index (χ3v) is 16.5. The van der Waals surface area contributed by atoms with Gasteiger partial charge in [0.05, 0.1) is 0 Å². The van der Waals surface area contributed by atoms with Gasteiger partial charge in [-0.05, 0) is 51.4 Å². The van der Waals surface area contributed by atoms with Gasteiger partial charge in [0.1, 0.15) is 13.2 Å². The van der Waals surface area contributed by atoms with E-state index < -0.39 is 6.10 Å². The predicted molar refractivity (Wildman–Crippen MR) is 344 cm³/mol. The van der Waals surface area contributed by atoms with Crippen molar-refractivity contribution in [3.8, 4) is 0 Å². The van der Waals surface area contributed by atoms with Gasteiger partial charge >= 0.3 is 17.9 Å². The molecule has 79 heavy (non-hydrogen) atoms. The molecule has 0 bridgehead atoms. The van der Waals surface area contributed by atoms with Crippen LogP contribution in [0.2, 0.25) is 0 Å². The number of carbonyl (C=O) groups is 3. The summed E-state index contributed by atoms with van der Waals surface area (Å²) in [7, 11) is 0. The standard InChI is InChI=1S/C73H138O6/c1-4-7-10-13-16-19-22-25-28-31-34-36-37-40-42-45-48-51-54-57-60-63-66-72(75)78-69-70(68-77-71(74)65-62-59-56-53-50-47-44-41-38-33-30-27-24-21-18-15-12-9-6-3)79-73(76)67-64-61-58-55-52-49-46-43-39-35-32-29-26-23-20-17-14-11-8-5-2/h18,21,27,30,70H,4-17,19-20,22-26,28-29,31-69H2,1-3H3/b21-18-,30-27-.